The van der Waals surface area contributed by atoms with Crippen molar-refractivity contribution in [3.63, 3.8) is 0 Å². The van der Waals surface area contributed by atoms with E-state index >= 15 is 0 Å². The molecule has 138 valence electrons. The summed E-state index contributed by atoms with van der Waals surface area (Å²) in [6.45, 7) is 4.00. The van der Waals surface area contributed by atoms with E-state index in [0.717, 1.165) is 5.56 Å². The normalized spacial score (nSPS) is 9.69. The minimum atomic E-state index is -0.0773. The fraction of sp³-hybridized carbons (Fsp3) is 0.0455. The van der Waals surface area contributed by atoms with Crippen LogP contribution in [0.15, 0.2) is 101 Å². The van der Waals surface area contributed by atoms with E-state index in [1.165, 1.54) is 6.07 Å². The zero-order valence-electron chi connectivity index (χ0n) is 14.1. The maximum absolute atomic E-state index is 12.2. The van der Waals surface area contributed by atoms with E-state index in [4.69, 9.17) is 9.15 Å². The third kappa shape index (κ3) is 4.85. The number of rotatable bonds is 4. The van der Waals surface area contributed by atoms with Crippen LogP contribution in [-0.4, -0.2) is 6.61 Å². The first-order valence-electron chi connectivity index (χ1n) is 7.98. The van der Waals surface area contributed by atoms with Gasteiger partial charge in [0.1, 0.15) is 17.9 Å². The van der Waals surface area contributed by atoms with Crippen molar-refractivity contribution in [3.05, 3.63) is 102 Å². The van der Waals surface area contributed by atoms with Crippen LogP contribution in [0.4, 0.5) is 0 Å². The van der Waals surface area contributed by atoms with Crippen LogP contribution < -0.4 is 10.2 Å². The number of ether oxygens (including phenoxy) is 1. The van der Waals surface area contributed by atoms with Crippen molar-refractivity contribution < 1.29 is 26.2 Å². The standard InChI is InChI=1S/C17H13O3.C5H5.Fe/c1-2-9-19-13-7-8-16-14(10-13)15(18)11-17(20-16)12-5-3-4-6-12;1-2-4-5-3-1;/h2-8,10-11H,1,9H2;1-5H;/q-1;-5;. The summed E-state index contributed by atoms with van der Waals surface area (Å²) >= 11 is 0. The molecule has 0 spiro atoms. The van der Waals surface area contributed by atoms with Crippen molar-refractivity contribution in [3.8, 4) is 17.1 Å². The molecule has 1 heterocycles. The zero-order chi connectivity index (χ0) is 17.5. The Labute approximate surface area is 162 Å². The van der Waals surface area contributed by atoms with Gasteiger partial charge in [-0.25, -0.2) is 0 Å². The van der Waals surface area contributed by atoms with E-state index in [9.17, 15) is 4.79 Å². The summed E-state index contributed by atoms with van der Waals surface area (Å²) in [5.41, 5.74) is 1.38. The third-order valence-electron chi connectivity index (χ3n) is 3.57. The minimum Gasteiger partial charge on any atom is -0.748 e. The van der Waals surface area contributed by atoms with Crippen molar-refractivity contribution in [2.24, 2.45) is 0 Å². The molecule has 0 saturated carbocycles. The van der Waals surface area contributed by atoms with E-state index in [0.29, 0.717) is 29.1 Å². The molecule has 0 N–H and O–H groups in total. The Hall–Kier alpha value is -2.81. The Morgan fingerprint density at radius 1 is 1.08 bits per heavy atom. The van der Waals surface area contributed by atoms with Crippen molar-refractivity contribution >= 4 is 11.0 Å². The van der Waals surface area contributed by atoms with Crippen molar-refractivity contribution in [1.29, 1.82) is 0 Å². The van der Waals surface area contributed by atoms with Gasteiger partial charge in [-0.15, -0.1) is 12.1 Å². The Bertz CT molecular complexity index is 963. The number of hydrogen-bond donors (Lipinski definition) is 0. The molecule has 3 aromatic carbocycles. The Kier molecular flexibility index (Phi) is 7.22. The molecule has 0 atom stereocenters. The Morgan fingerprint density at radius 3 is 2.35 bits per heavy atom. The van der Waals surface area contributed by atoms with Gasteiger partial charge in [-0.2, -0.15) is 12.1 Å². The Balaban J connectivity index is 0.000000351. The van der Waals surface area contributed by atoms with Crippen LogP contribution >= 0.6 is 0 Å². The molecule has 0 unspecified atom stereocenters. The van der Waals surface area contributed by atoms with Crippen LogP contribution in [0.1, 0.15) is 0 Å². The van der Waals surface area contributed by atoms with Crippen LogP contribution in [0, 0.1) is 0 Å². The van der Waals surface area contributed by atoms with Crippen LogP contribution in [0.2, 0.25) is 0 Å². The summed E-state index contributed by atoms with van der Waals surface area (Å²) < 4.78 is 11.2. The molecule has 4 aromatic rings. The number of benzene rings is 1. The van der Waals surface area contributed by atoms with E-state index in [-0.39, 0.29) is 22.5 Å². The molecular weight excluding hydrogens is 368 g/mol. The molecule has 0 amide bonds. The van der Waals surface area contributed by atoms with E-state index in [2.05, 4.69) is 6.58 Å². The molecule has 0 aliphatic rings. The largest absolute Gasteiger partial charge is 0.748 e. The van der Waals surface area contributed by atoms with Crippen LogP contribution in [0.3, 0.4) is 0 Å². The van der Waals surface area contributed by atoms with Crippen LogP contribution in [0.25, 0.3) is 22.3 Å². The average molecular weight is 386 g/mol. The third-order valence-corrected chi connectivity index (χ3v) is 3.57. The molecule has 0 aliphatic heterocycles. The number of hydrogen-bond acceptors (Lipinski definition) is 3. The zero-order valence-corrected chi connectivity index (χ0v) is 15.2. The van der Waals surface area contributed by atoms with E-state index in [1.807, 2.05) is 54.6 Å². The first kappa shape index (κ1) is 19.5. The molecular formula is C22H18FeO3-6. The summed E-state index contributed by atoms with van der Waals surface area (Å²) in [7, 11) is 0. The second kappa shape index (κ2) is 9.62. The van der Waals surface area contributed by atoms with Gasteiger partial charge in [-0.05, 0) is 24.3 Å². The fourth-order valence-electron chi connectivity index (χ4n) is 2.38. The fourth-order valence-corrected chi connectivity index (χ4v) is 2.38. The van der Waals surface area contributed by atoms with Crippen LogP contribution in [0.5, 0.6) is 5.75 Å². The quantitative estimate of drug-likeness (QED) is 0.277. The summed E-state index contributed by atoms with van der Waals surface area (Å²) in [5.74, 6) is 1.21. The molecule has 0 bridgehead atoms. The second-order valence-corrected chi connectivity index (χ2v) is 5.37. The van der Waals surface area contributed by atoms with Crippen molar-refractivity contribution in [1.82, 2.24) is 0 Å². The Morgan fingerprint density at radius 2 is 1.73 bits per heavy atom. The minimum absolute atomic E-state index is 0. The molecule has 4 heteroatoms. The average Bonchev–Trinajstić information content (AvgIpc) is 3.35. The molecule has 0 radical (unpaired) electrons. The molecule has 1 aromatic heterocycles. The molecule has 4 rings (SSSR count). The second-order valence-electron chi connectivity index (χ2n) is 5.37. The van der Waals surface area contributed by atoms with Crippen LogP contribution in [-0.2, 0) is 17.1 Å². The summed E-state index contributed by atoms with van der Waals surface area (Å²) in [5, 5.41) is 0.516. The van der Waals surface area contributed by atoms with E-state index < -0.39 is 0 Å². The maximum atomic E-state index is 12.2. The van der Waals surface area contributed by atoms with Gasteiger partial charge < -0.3 is 44.3 Å². The molecule has 0 saturated heterocycles. The van der Waals surface area contributed by atoms with Crippen molar-refractivity contribution in [2.75, 3.05) is 6.61 Å². The molecule has 0 fully saturated rings. The van der Waals surface area contributed by atoms with Crippen molar-refractivity contribution in [2.45, 2.75) is 0 Å². The first-order valence-corrected chi connectivity index (χ1v) is 7.98. The first-order chi connectivity index (χ1) is 12.3. The number of fused-ring (bicyclic) bond motifs is 1. The molecule has 0 aliphatic carbocycles. The predicted molar refractivity (Wildman–Crippen MR) is 101 cm³/mol. The summed E-state index contributed by atoms with van der Waals surface area (Å²) in [4.78, 5) is 12.2. The monoisotopic (exact) mass is 386 g/mol. The topological polar surface area (TPSA) is 39.4 Å². The molecule has 26 heavy (non-hydrogen) atoms. The predicted octanol–water partition coefficient (Wildman–Crippen LogP) is 5.15. The molecule has 3 nitrogen and oxygen atoms in total. The smallest absolute Gasteiger partial charge is 0.153 e. The van der Waals surface area contributed by atoms with Gasteiger partial charge in [-0.3, -0.25) is 0 Å². The van der Waals surface area contributed by atoms with Gasteiger partial charge in [0.15, 0.2) is 5.43 Å². The summed E-state index contributed by atoms with van der Waals surface area (Å²) in [6, 6.07) is 24.4. The maximum Gasteiger partial charge on any atom is 0.153 e. The van der Waals surface area contributed by atoms with Gasteiger partial charge >= 0.3 is 0 Å². The van der Waals surface area contributed by atoms with Gasteiger partial charge in [-0.1, -0.05) is 18.2 Å². The van der Waals surface area contributed by atoms with Gasteiger partial charge in [0.05, 0.1) is 11.1 Å². The van der Waals surface area contributed by atoms with Gasteiger partial charge in [0, 0.05) is 17.1 Å². The van der Waals surface area contributed by atoms with E-state index in [1.54, 1.807) is 24.3 Å². The SMILES string of the molecule is C=CCOc1ccc2oc(-[c-]3cccc3)cc(=O)c2c1.[Fe].[cH-]1[cH-][cH-][cH-][cH-]1. The summed E-state index contributed by atoms with van der Waals surface area (Å²) in [6.07, 6.45) is 1.66. The van der Waals surface area contributed by atoms with Gasteiger partial charge in [0.25, 0.3) is 0 Å². The van der Waals surface area contributed by atoms with Gasteiger partial charge in [0.2, 0.25) is 0 Å².